The molecule has 0 atom stereocenters. The Labute approximate surface area is 159 Å². The van der Waals surface area contributed by atoms with E-state index in [1.165, 1.54) is 32.8 Å². The van der Waals surface area contributed by atoms with Gasteiger partial charge in [0.05, 0.1) is 18.6 Å². The molecule has 0 N–H and O–H groups in total. The van der Waals surface area contributed by atoms with Crippen molar-refractivity contribution in [1.82, 2.24) is 9.21 Å². The molecule has 11 heteroatoms. The van der Waals surface area contributed by atoms with Crippen LogP contribution in [0.5, 0.6) is 5.75 Å². The number of benzene rings is 1. The maximum Gasteiger partial charge on any atom is 0.246 e. The molecule has 0 spiro atoms. The molecule has 150 valence electrons. The van der Waals surface area contributed by atoms with Crippen molar-refractivity contribution in [3.05, 3.63) is 18.2 Å². The van der Waals surface area contributed by atoms with Gasteiger partial charge in [0.1, 0.15) is 10.6 Å². The number of piperazine rings is 1. The maximum atomic E-state index is 13.1. The largest absolute Gasteiger partial charge is 0.495 e. The molecule has 2 saturated heterocycles. The van der Waals surface area contributed by atoms with Gasteiger partial charge in [0.2, 0.25) is 26.5 Å². The first-order valence-electron chi connectivity index (χ1n) is 8.67. The van der Waals surface area contributed by atoms with E-state index in [0.717, 1.165) is 6.42 Å². The Morgan fingerprint density at radius 2 is 1.78 bits per heavy atom. The van der Waals surface area contributed by atoms with Crippen LogP contribution < -0.4 is 9.04 Å². The standard InChI is InChI=1S/C16H23N3O6S2/c1-25-15-5-4-14(19-6-2-3-11-26(19,21)22)12-16(15)27(23,24)18-9-7-17(13-20)8-10-18/h4-5,12-13H,2-3,6-11H2,1H3. The van der Waals surface area contributed by atoms with Crippen molar-refractivity contribution >= 4 is 32.1 Å². The quantitative estimate of drug-likeness (QED) is 0.629. The van der Waals surface area contributed by atoms with Crippen LogP contribution in [-0.4, -0.2) is 78.0 Å². The van der Waals surface area contributed by atoms with Crippen LogP contribution in [0.25, 0.3) is 0 Å². The van der Waals surface area contributed by atoms with Gasteiger partial charge < -0.3 is 9.64 Å². The first-order valence-corrected chi connectivity index (χ1v) is 11.7. The molecule has 0 aliphatic carbocycles. The Hall–Kier alpha value is -1.85. The van der Waals surface area contributed by atoms with Crippen LogP contribution in [0.3, 0.4) is 0 Å². The van der Waals surface area contributed by atoms with Gasteiger partial charge >= 0.3 is 0 Å². The summed E-state index contributed by atoms with van der Waals surface area (Å²) < 4.78 is 58.8. The van der Waals surface area contributed by atoms with E-state index in [2.05, 4.69) is 0 Å². The highest BCUT2D eigenvalue weighted by atomic mass is 32.2. The van der Waals surface area contributed by atoms with Crippen molar-refractivity contribution in [3.63, 3.8) is 0 Å². The average molecular weight is 418 g/mol. The highest BCUT2D eigenvalue weighted by molar-refractivity contribution is 7.92. The fraction of sp³-hybridized carbons (Fsp3) is 0.562. The van der Waals surface area contributed by atoms with Gasteiger partial charge in [0.25, 0.3) is 0 Å². The predicted octanol–water partition coefficient (Wildman–Crippen LogP) is 0.0879. The molecule has 2 fully saturated rings. The van der Waals surface area contributed by atoms with E-state index in [1.54, 1.807) is 6.07 Å². The van der Waals surface area contributed by atoms with Gasteiger partial charge in [-0.2, -0.15) is 4.31 Å². The van der Waals surface area contributed by atoms with Gasteiger partial charge in [-0.05, 0) is 31.0 Å². The Balaban J connectivity index is 1.97. The van der Waals surface area contributed by atoms with Crippen LogP contribution in [0.4, 0.5) is 5.69 Å². The normalized spacial score (nSPS) is 21.1. The van der Waals surface area contributed by atoms with E-state index in [-0.39, 0.29) is 29.5 Å². The fourth-order valence-corrected chi connectivity index (χ4v) is 6.52. The lowest BCUT2D eigenvalue weighted by Crippen LogP contribution is -2.48. The summed E-state index contributed by atoms with van der Waals surface area (Å²) in [4.78, 5) is 12.3. The molecule has 2 aliphatic heterocycles. The maximum absolute atomic E-state index is 13.1. The minimum atomic E-state index is -3.89. The van der Waals surface area contributed by atoms with E-state index in [4.69, 9.17) is 4.74 Å². The van der Waals surface area contributed by atoms with Crippen LogP contribution in [-0.2, 0) is 24.8 Å². The number of methoxy groups -OCH3 is 1. The van der Waals surface area contributed by atoms with Crippen LogP contribution in [0, 0.1) is 0 Å². The second kappa shape index (κ2) is 7.64. The Morgan fingerprint density at radius 1 is 1.07 bits per heavy atom. The topological polar surface area (TPSA) is 104 Å². The molecule has 0 saturated carbocycles. The molecular weight excluding hydrogens is 394 g/mol. The zero-order valence-corrected chi connectivity index (χ0v) is 16.7. The average Bonchev–Trinajstić information content (AvgIpc) is 2.67. The fourth-order valence-electron chi connectivity index (χ4n) is 3.29. The van der Waals surface area contributed by atoms with Crippen LogP contribution in [0.1, 0.15) is 12.8 Å². The van der Waals surface area contributed by atoms with E-state index in [0.29, 0.717) is 38.2 Å². The number of hydrogen-bond acceptors (Lipinski definition) is 6. The summed E-state index contributed by atoms with van der Waals surface area (Å²) in [6, 6.07) is 4.40. The molecular formula is C16H23N3O6S2. The van der Waals surface area contributed by atoms with Crippen molar-refractivity contribution in [2.24, 2.45) is 0 Å². The van der Waals surface area contributed by atoms with Gasteiger partial charge in [-0.3, -0.25) is 9.10 Å². The molecule has 1 aromatic carbocycles. The van der Waals surface area contributed by atoms with Crippen molar-refractivity contribution < 1.29 is 26.4 Å². The molecule has 27 heavy (non-hydrogen) atoms. The summed E-state index contributed by atoms with van der Waals surface area (Å²) in [7, 11) is -5.97. The summed E-state index contributed by atoms with van der Waals surface area (Å²) in [6.45, 7) is 1.30. The summed E-state index contributed by atoms with van der Waals surface area (Å²) in [5.74, 6) is 0.209. The summed E-state index contributed by atoms with van der Waals surface area (Å²) in [5.41, 5.74) is 0.320. The minimum absolute atomic E-state index is 0.0504. The molecule has 0 radical (unpaired) electrons. The second-order valence-electron chi connectivity index (χ2n) is 6.48. The van der Waals surface area contributed by atoms with E-state index in [1.807, 2.05) is 0 Å². The second-order valence-corrected chi connectivity index (χ2v) is 10.4. The highest BCUT2D eigenvalue weighted by Gasteiger charge is 2.33. The smallest absolute Gasteiger partial charge is 0.246 e. The lowest BCUT2D eigenvalue weighted by molar-refractivity contribution is -0.119. The zero-order valence-electron chi connectivity index (χ0n) is 15.1. The third-order valence-electron chi connectivity index (χ3n) is 4.82. The molecule has 2 heterocycles. The number of sulfonamides is 2. The Kier molecular flexibility index (Phi) is 5.63. The van der Waals surface area contributed by atoms with Gasteiger partial charge in [0.15, 0.2) is 0 Å². The molecule has 3 rings (SSSR count). The molecule has 1 amide bonds. The predicted molar refractivity (Wildman–Crippen MR) is 99.8 cm³/mol. The number of nitrogens with zero attached hydrogens (tertiary/aromatic N) is 3. The van der Waals surface area contributed by atoms with Crippen molar-refractivity contribution in [3.8, 4) is 5.75 Å². The number of carbonyl (C=O) groups excluding carboxylic acids is 1. The molecule has 0 bridgehead atoms. The van der Waals surface area contributed by atoms with Crippen LogP contribution in [0.2, 0.25) is 0 Å². The first kappa shape index (κ1) is 19.9. The van der Waals surface area contributed by atoms with E-state index < -0.39 is 20.0 Å². The van der Waals surface area contributed by atoms with Gasteiger partial charge in [-0.25, -0.2) is 16.8 Å². The van der Waals surface area contributed by atoms with Crippen molar-refractivity contribution in [1.29, 1.82) is 0 Å². The molecule has 2 aliphatic rings. The third kappa shape index (κ3) is 3.90. The number of rotatable bonds is 5. The molecule has 0 aromatic heterocycles. The number of carbonyl (C=O) groups is 1. The number of anilines is 1. The zero-order chi connectivity index (χ0) is 19.7. The number of hydrogen-bond donors (Lipinski definition) is 0. The van der Waals surface area contributed by atoms with Crippen molar-refractivity contribution in [2.45, 2.75) is 17.7 Å². The van der Waals surface area contributed by atoms with Crippen LogP contribution >= 0.6 is 0 Å². The van der Waals surface area contributed by atoms with Gasteiger partial charge in [-0.1, -0.05) is 0 Å². The lowest BCUT2D eigenvalue weighted by atomic mass is 10.2. The summed E-state index contributed by atoms with van der Waals surface area (Å²) >= 11 is 0. The minimum Gasteiger partial charge on any atom is -0.495 e. The summed E-state index contributed by atoms with van der Waals surface area (Å²) in [5, 5.41) is 0. The summed E-state index contributed by atoms with van der Waals surface area (Å²) in [6.07, 6.45) is 2.02. The molecule has 1 aromatic rings. The van der Waals surface area contributed by atoms with Crippen LogP contribution in [0.15, 0.2) is 23.1 Å². The molecule has 0 unspecified atom stereocenters. The third-order valence-corrected chi connectivity index (χ3v) is 8.61. The Morgan fingerprint density at radius 3 is 2.37 bits per heavy atom. The van der Waals surface area contributed by atoms with E-state index >= 15 is 0 Å². The number of ether oxygens (including phenoxy) is 1. The van der Waals surface area contributed by atoms with E-state index in [9.17, 15) is 21.6 Å². The van der Waals surface area contributed by atoms with Gasteiger partial charge in [-0.15, -0.1) is 0 Å². The SMILES string of the molecule is COc1ccc(N2CCCCS2(=O)=O)cc1S(=O)(=O)N1CCN(C=O)CC1. The Bertz CT molecular complexity index is 908. The monoisotopic (exact) mass is 417 g/mol. The lowest BCUT2D eigenvalue weighted by Gasteiger charge is -2.32. The van der Waals surface area contributed by atoms with Gasteiger partial charge in [0, 0.05) is 32.7 Å². The van der Waals surface area contributed by atoms with Crippen molar-refractivity contribution in [2.75, 3.05) is 49.9 Å². The molecule has 9 nitrogen and oxygen atoms in total. The highest BCUT2D eigenvalue weighted by Crippen LogP contribution is 2.33. The first-order chi connectivity index (χ1) is 12.8. The number of amides is 1.